The Kier molecular flexibility index (Phi) is 9.27. The molecule has 0 radical (unpaired) electrons. The molecule has 0 amide bonds. The topological polar surface area (TPSA) is 89.4 Å². The summed E-state index contributed by atoms with van der Waals surface area (Å²) >= 11 is 8.14. The number of carbonyl (C=O) groups is 1. The third-order valence-corrected chi connectivity index (χ3v) is 6.21. The van der Waals surface area contributed by atoms with Gasteiger partial charge in [-0.2, -0.15) is 13.2 Å². The van der Waals surface area contributed by atoms with Gasteiger partial charge in [0.05, 0.1) is 22.4 Å². The van der Waals surface area contributed by atoms with Gasteiger partial charge < -0.3 is 9.55 Å². The smallest absolute Gasteiger partial charge is 0.342 e. The highest BCUT2D eigenvalue weighted by Crippen LogP contribution is 2.33. The number of alkyl halides is 3. The number of aromatic nitrogens is 6. The van der Waals surface area contributed by atoms with Gasteiger partial charge in [-0.15, -0.1) is 0 Å². The van der Waals surface area contributed by atoms with Crippen molar-refractivity contribution in [1.29, 1.82) is 0 Å². The van der Waals surface area contributed by atoms with Crippen LogP contribution in [0.5, 0.6) is 0 Å². The second kappa shape index (κ2) is 12.2. The third-order valence-electron chi connectivity index (χ3n) is 4.95. The van der Waals surface area contributed by atoms with Crippen LogP contribution in [0.3, 0.4) is 0 Å². The van der Waals surface area contributed by atoms with Crippen LogP contribution in [0.4, 0.5) is 13.2 Å². The number of H-pyrrole nitrogens is 1. The van der Waals surface area contributed by atoms with Crippen LogP contribution in [0.25, 0.3) is 11.0 Å². The molecule has 4 aromatic rings. The van der Waals surface area contributed by atoms with Gasteiger partial charge in [0.25, 0.3) is 0 Å². The number of unbranched alkanes of at least 4 members (excludes halogenated alkanes) is 1. The van der Waals surface area contributed by atoms with Crippen LogP contribution < -0.4 is 0 Å². The summed E-state index contributed by atoms with van der Waals surface area (Å²) in [5.41, 5.74) is 2.82. The van der Waals surface area contributed by atoms with E-state index in [0.717, 1.165) is 64.6 Å². The largest absolute Gasteiger partial charge is 0.449 e. The van der Waals surface area contributed by atoms with E-state index in [2.05, 4.69) is 26.4 Å². The Balaban J connectivity index is 0.000000429. The lowest BCUT2D eigenvalue weighted by atomic mass is 10.1. The number of nitrogens with one attached hydrogen (secondary N) is 1. The Labute approximate surface area is 209 Å². The van der Waals surface area contributed by atoms with E-state index in [-0.39, 0.29) is 0 Å². The number of aryl methyl sites for hydroxylation is 3. The van der Waals surface area contributed by atoms with Crippen LogP contribution in [-0.2, 0) is 24.2 Å². The first-order chi connectivity index (χ1) is 16.7. The quantitative estimate of drug-likeness (QED) is 0.222. The molecule has 0 aromatic carbocycles. The molecule has 4 heterocycles. The van der Waals surface area contributed by atoms with Gasteiger partial charge in [-0.25, -0.2) is 15.0 Å². The number of hydrogen-bond acceptors (Lipinski definition) is 6. The predicted octanol–water partition coefficient (Wildman–Crippen LogP) is 6.08. The number of fused-ring (bicyclic) bond motifs is 1. The van der Waals surface area contributed by atoms with Crippen LogP contribution in [-0.4, -0.2) is 41.4 Å². The summed E-state index contributed by atoms with van der Waals surface area (Å²) in [5.74, 6) is -1.76. The maximum absolute atomic E-state index is 10.8. The zero-order chi connectivity index (χ0) is 25.4. The maximum atomic E-state index is 10.8. The minimum absolute atomic E-state index is 0.486. The van der Waals surface area contributed by atoms with E-state index in [4.69, 9.17) is 21.6 Å². The summed E-state index contributed by atoms with van der Waals surface area (Å²) in [5, 5.41) is 2.42. The Morgan fingerprint density at radius 1 is 1.20 bits per heavy atom. The van der Waals surface area contributed by atoms with Crippen LogP contribution in [0.2, 0.25) is 5.02 Å². The highest BCUT2D eigenvalue weighted by molar-refractivity contribution is 7.99. The highest BCUT2D eigenvalue weighted by Gasteiger charge is 2.33. The lowest BCUT2D eigenvalue weighted by Gasteiger charge is -2.07. The molecule has 0 saturated heterocycles. The van der Waals surface area contributed by atoms with Crippen molar-refractivity contribution in [3.63, 3.8) is 0 Å². The van der Waals surface area contributed by atoms with Crippen LogP contribution in [0.15, 0.2) is 53.3 Å². The van der Waals surface area contributed by atoms with E-state index in [9.17, 15) is 18.0 Å². The van der Waals surface area contributed by atoms with Gasteiger partial charge in [-0.3, -0.25) is 9.78 Å². The van der Waals surface area contributed by atoms with E-state index in [1.807, 2.05) is 37.1 Å². The number of nitrogens with zero attached hydrogens (tertiary/aromatic N) is 5. The lowest BCUT2D eigenvalue weighted by molar-refractivity contribution is -0.168. The standard InChI is InChI=1S/C20H21ClN6S.C3H3F3O/c1-2-15-18(21)17-16(7-3-4-10-27-11-9-23-13-27)25-20(26-19(17)24-15)28-14-6-5-8-22-12-14;1-2(7)3(4,5)6/h5-6,8-9,11-13H,2-4,7,10H2,1H3,(H,24,25,26);1H3. The molecule has 0 aliphatic rings. The summed E-state index contributed by atoms with van der Waals surface area (Å²) < 4.78 is 34.6. The molecule has 0 fully saturated rings. The fraction of sp³-hybridized carbons (Fsp3) is 0.348. The normalized spacial score (nSPS) is 11.4. The molecule has 186 valence electrons. The molecule has 12 heteroatoms. The Morgan fingerprint density at radius 3 is 2.57 bits per heavy atom. The molecule has 0 aliphatic carbocycles. The van der Waals surface area contributed by atoms with Crippen molar-refractivity contribution >= 4 is 40.2 Å². The Bertz CT molecular complexity index is 1250. The summed E-state index contributed by atoms with van der Waals surface area (Å²) in [6.07, 6.45) is 8.35. The van der Waals surface area contributed by atoms with Crippen LogP contribution >= 0.6 is 23.4 Å². The number of Topliss-reactive ketones (excluding diaryl/α,β-unsaturated/α-hetero) is 1. The summed E-state index contributed by atoms with van der Waals surface area (Å²) in [7, 11) is 0. The second-order valence-corrected chi connectivity index (χ2v) is 8.97. The highest BCUT2D eigenvalue weighted by atomic mass is 35.5. The maximum Gasteiger partial charge on any atom is 0.449 e. The molecule has 0 unspecified atom stereocenters. The van der Waals surface area contributed by atoms with Crippen molar-refractivity contribution in [2.45, 2.75) is 62.3 Å². The van der Waals surface area contributed by atoms with Gasteiger partial charge >= 0.3 is 6.18 Å². The third kappa shape index (κ3) is 7.53. The number of ketones is 1. The molecule has 0 bridgehead atoms. The summed E-state index contributed by atoms with van der Waals surface area (Å²) in [4.78, 5) is 31.5. The molecule has 4 rings (SSSR count). The zero-order valence-corrected chi connectivity index (χ0v) is 20.7. The fourth-order valence-corrected chi connectivity index (χ4v) is 4.29. The molecule has 7 nitrogen and oxygen atoms in total. The molecule has 0 saturated carbocycles. The van der Waals surface area contributed by atoms with E-state index in [1.165, 1.54) is 11.8 Å². The first-order valence-corrected chi connectivity index (χ1v) is 12.1. The lowest BCUT2D eigenvalue weighted by Crippen LogP contribution is -2.18. The van der Waals surface area contributed by atoms with Crippen molar-refractivity contribution in [1.82, 2.24) is 29.5 Å². The molecule has 0 spiro atoms. The first kappa shape index (κ1) is 26.7. The number of halogens is 4. The van der Waals surface area contributed by atoms with Gasteiger partial charge in [0, 0.05) is 48.8 Å². The molecule has 1 N–H and O–H groups in total. The molecular formula is C23H24ClF3N6OS. The number of imidazole rings is 1. The van der Waals surface area contributed by atoms with Gasteiger partial charge in [0.1, 0.15) is 5.65 Å². The molecular weight excluding hydrogens is 501 g/mol. The predicted molar refractivity (Wildman–Crippen MR) is 129 cm³/mol. The summed E-state index contributed by atoms with van der Waals surface area (Å²) in [6, 6.07) is 3.92. The zero-order valence-electron chi connectivity index (χ0n) is 19.1. The van der Waals surface area contributed by atoms with E-state index >= 15 is 0 Å². The van der Waals surface area contributed by atoms with Gasteiger partial charge in [0.2, 0.25) is 5.78 Å². The monoisotopic (exact) mass is 524 g/mol. The first-order valence-electron chi connectivity index (χ1n) is 10.9. The number of hydrogen-bond donors (Lipinski definition) is 1. The number of carbonyl (C=O) groups excluding carboxylic acids is 1. The van der Waals surface area contributed by atoms with Crippen LogP contribution in [0.1, 0.15) is 38.1 Å². The Morgan fingerprint density at radius 2 is 1.97 bits per heavy atom. The summed E-state index contributed by atoms with van der Waals surface area (Å²) in [6.45, 7) is 3.52. The van der Waals surface area contributed by atoms with Crippen molar-refractivity contribution in [2.75, 3.05) is 0 Å². The molecule has 0 atom stereocenters. The van der Waals surface area contributed by atoms with Crippen molar-refractivity contribution in [2.24, 2.45) is 0 Å². The van der Waals surface area contributed by atoms with Crippen molar-refractivity contribution in [3.05, 3.63) is 59.7 Å². The van der Waals surface area contributed by atoms with Crippen molar-refractivity contribution in [3.8, 4) is 0 Å². The van der Waals surface area contributed by atoms with Gasteiger partial charge in [-0.05, 0) is 49.6 Å². The van der Waals surface area contributed by atoms with Gasteiger partial charge in [-0.1, -0.05) is 18.5 Å². The molecule has 4 aromatic heterocycles. The fourth-order valence-electron chi connectivity index (χ4n) is 3.14. The molecule has 35 heavy (non-hydrogen) atoms. The average molecular weight is 525 g/mol. The van der Waals surface area contributed by atoms with Crippen LogP contribution in [0, 0.1) is 0 Å². The van der Waals surface area contributed by atoms with E-state index in [1.54, 1.807) is 6.20 Å². The second-order valence-electron chi connectivity index (χ2n) is 7.55. The van der Waals surface area contributed by atoms with Gasteiger partial charge in [0.15, 0.2) is 5.16 Å². The Hall–Kier alpha value is -2.92. The number of aromatic amines is 1. The minimum atomic E-state index is -4.64. The number of rotatable bonds is 8. The molecule has 0 aliphatic heterocycles. The average Bonchev–Trinajstić information content (AvgIpc) is 3.45. The minimum Gasteiger partial charge on any atom is -0.342 e. The SMILES string of the molecule is CC(=O)C(F)(F)F.CCc1[nH]c2nc(Sc3cccnc3)nc(CCCCn3ccnc3)c2c1Cl. The van der Waals surface area contributed by atoms with E-state index < -0.39 is 12.0 Å². The number of pyridine rings is 1. The van der Waals surface area contributed by atoms with E-state index in [0.29, 0.717) is 12.1 Å². The van der Waals surface area contributed by atoms with Crippen molar-refractivity contribution < 1.29 is 18.0 Å².